The van der Waals surface area contributed by atoms with Gasteiger partial charge in [0.05, 0.1) is 6.61 Å². The van der Waals surface area contributed by atoms with Gasteiger partial charge in [-0.2, -0.15) is 0 Å². The molecule has 0 spiro atoms. The molecule has 0 radical (unpaired) electrons. The quantitative estimate of drug-likeness (QED) is 0.504. The zero-order valence-corrected chi connectivity index (χ0v) is 12.1. The molecule has 0 atom stereocenters. The molecule has 2 N–H and O–H groups in total. The largest absolute Gasteiger partial charge is 0.463 e. The van der Waals surface area contributed by atoms with Gasteiger partial charge >= 0.3 is 5.97 Å². The average molecular weight is 292 g/mol. The van der Waals surface area contributed by atoms with Crippen LogP contribution in [0.3, 0.4) is 0 Å². The molecule has 0 aliphatic heterocycles. The predicted molar refractivity (Wildman–Crippen MR) is 81.3 cm³/mol. The number of amides is 1. The van der Waals surface area contributed by atoms with Gasteiger partial charge in [-0.3, -0.25) is 10.1 Å². The number of rotatable bonds is 4. The number of nitrogens with one attached hydrogen (secondary N) is 2. The Morgan fingerprint density at radius 1 is 1.25 bits per heavy atom. The minimum absolute atomic E-state index is 0.160. The van der Waals surface area contributed by atoms with E-state index in [0.717, 1.165) is 23.4 Å². The van der Waals surface area contributed by atoms with Gasteiger partial charge in [-0.15, -0.1) is 0 Å². The summed E-state index contributed by atoms with van der Waals surface area (Å²) in [5.74, 6) is -1.07. The number of thiocarbonyl (C=S) groups is 1. The number of esters is 1. The topological polar surface area (TPSA) is 67.4 Å². The van der Waals surface area contributed by atoms with Crippen LogP contribution in [0.2, 0.25) is 0 Å². The van der Waals surface area contributed by atoms with Gasteiger partial charge in [0.2, 0.25) is 5.91 Å². The molecular weight excluding hydrogens is 276 g/mol. The Balaban J connectivity index is 2.44. The molecule has 20 heavy (non-hydrogen) atoms. The number of hydrogen-bond donors (Lipinski definition) is 2. The second kappa shape index (κ2) is 8.06. The molecule has 0 heterocycles. The number of carbonyl (C=O) groups is 2. The summed E-state index contributed by atoms with van der Waals surface area (Å²) in [7, 11) is 0. The van der Waals surface area contributed by atoms with Crippen molar-refractivity contribution < 1.29 is 14.3 Å². The van der Waals surface area contributed by atoms with Crippen molar-refractivity contribution in [2.75, 3.05) is 11.9 Å². The van der Waals surface area contributed by atoms with E-state index in [1.807, 2.05) is 31.2 Å². The van der Waals surface area contributed by atoms with Crippen LogP contribution in [0.5, 0.6) is 0 Å². The van der Waals surface area contributed by atoms with Crippen LogP contribution < -0.4 is 10.6 Å². The molecule has 0 unspecified atom stereocenters. The third-order valence-corrected chi connectivity index (χ3v) is 2.41. The number of aryl methyl sites for hydroxylation is 1. The lowest BCUT2D eigenvalue weighted by atomic mass is 10.2. The van der Waals surface area contributed by atoms with Crippen LogP contribution in [-0.2, 0) is 14.3 Å². The maximum absolute atomic E-state index is 11.5. The first kappa shape index (κ1) is 15.8. The monoisotopic (exact) mass is 292 g/mol. The van der Waals surface area contributed by atoms with Crippen molar-refractivity contribution in [3.05, 3.63) is 42.0 Å². The average Bonchev–Trinajstić information content (AvgIpc) is 2.39. The maximum atomic E-state index is 11.5. The first-order valence-corrected chi connectivity index (χ1v) is 6.45. The highest BCUT2D eigenvalue weighted by Crippen LogP contribution is 2.08. The predicted octanol–water partition coefficient (Wildman–Crippen LogP) is 1.93. The van der Waals surface area contributed by atoms with Gasteiger partial charge in [-0.25, -0.2) is 4.79 Å². The number of anilines is 1. The van der Waals surface area contributed by atoms with Gasteiger partial charge in [0, 0.05) is 17.8 Å². The van der Waals surface area contributed by atoms with Crippen molar-refractivity contribution in [3.63, 3.8) is 0 Å². The molecule has 5 nitrogen and oxygen atoms in total. The molecule has 0 saturated heterocycles. The van der Waals surface area contributed by atoms with Crippen LogP contribution in [0.1, 0.15) is 12.5 Å². The molecule has 1 rings (SSSR count). The summed E-state index contributed by atoms with van der Waals surface area (Å²) in [6.45, 7) is 3.93. The first-order chi connectivity index (χ1) is 9.51. The summed E-state index contributed by atoms with van der Waals surface area (Å²) < 4.78 is 4.65. The molecule has 0 saturated carbocycles. The lowest BCUT2D eigenvalue weighted by Crippen LogP contribution is -2.32. The van der Waals surface area contributed by atoms with Crippen LogP contribution in [0, 0.1) is 6.92 Å². The molecule has 1 aromatic rings. The molecule has 0 fully saturated rings. The van der Waals surface area contributed by atoms with E-state index >= 15 is 0 Å². The standard InChI is InChI=1S/C14H16N2O3S/c1-3-19-13(18)9-8-12(17)16-14(20)15-11-6-4-10(2)5-7-11/h4-9H,3H2,1-2H3,(H2,15,16,17,20). The van der Waals surface area contributed by atoms with E-state index < -0.39 is 11.9 Å². The number of carbonyl (C=O) groups excluding carboxylic acids is 2. The van der Waals surface area contributed by atoms with E-state index in [0.29, 0.717) is 0 Å². The van der Waals surface area contributed by atoms with Crippen molar-refractivity contribution >= 4 is 34.9 Å². The fourth-order valence-corrected chi connectivity index (χ4v) is 1.51. The number of benzene rings is 1. The van der Waals surface area contributed by atoms with Crippen molar-refractivity contribution in [1.82, 2.24) is 5.32 Å². The van der Waals surface area contributed by atoms with E-state index in [-0.39, 0.29) is 11.7 Å². The zero-order chi connectivity index (χ0) is 15.0. The Morgan fingerprint density at radius 3 is 2.50 bits per heavy atom. The Labute approximate surface area is 123 Å². The number of hydrogen-bond acceptors (Lipinski definition) is 4. The summed E-state index contributed by atoms with van der Waals surface area (Å²) in [5, 5.41) is 5.45. The lowest BCUT2D eigenvalue weighted by Gasteiger charge is -2.08. The molecule has 1 amide bonds. The van der Waals surface area contributed by atoms with E-state index in [2.05, 4.69) is 15.4 Å². The van der Waals surface area contributed by atoms with Crippen LogP contribution >= 0.6 is 12.2 Å². The molecular formula is C14H16N2O3S. The van der Waals surface area contributed by atoms with E-state index in [9.17, 15) is 9.59 Å². The fraction of sp³-hybridized carbons (Fsp3) is 0.214. The first-order valence-electron chi connectivity index (χ1n) is 6.04. The second-order valence-electron chi connectivity index (χ2n) is 3.89. The minimum Gasteiger partial charge on any atom is -0.463 e. The highest BCUT2D eigenvalue weighted by atomic mass is 32.1. The molecule has 1 aromatic carbocycles. The van der Waals surface area contributed by atoms with Gasteiger partial charge in [0.1, 0.15) is 0 Å². The SMILES string of the molecule is CCOC(=O)C=CC(=O)NC(=S)Nc1ccc(C)cc1. The third kappa shape index (κ3) is 6.10. The molecule has 0 aliphatic carbocycles. The summed E-state index contributed by atoms with van der Waals surface area (Å²) in [5.41, 5.74) is 1.90. The summed E-state index contributed by atoms with van der Waals surface area (Å²) in [6, 6.07) is 7.55. The molecule has 6 heteroatoms. The van der Waals surface area contributed by atoms with E-state index in [4.69, 9.17) is 12.2 Å². The van der Waals surface area contributed by atoms with Gasteiger partial charge in [-0.05, 0) is 38.2 Å². The minimum atomic E-state index is -0.569. The summed E-state index contributed by atoms with van der Waals surface area (Å²) in [6.07, 6.45) is 2.12. The van der Waals surface area contributed by atoms with Crippen LogP contribution in [0.25, 0.3) is 0 Å². The summed E-state index contributed by atoms with van der Waals surface area (Å²) in [4.78, 5) is 22.5. The second-order valence-corrected chi connectivity index (χ2v) is 4.30. The van der Waals surface area contributed by atoms with E-state index in [1.54, 1.807) is 6.92 Å². The van der Waals surface area contributed by atoms with Gasteiger partial charge in [-0.1, -0.05) is 17.7 Å². The van der Waals surface area contributed by atoms with E-state index in [1.165, 1.54) is 0 Å². The molecule has 0 aromatic heterocycles. The highest BCUT2D eigenvalue weighted by Gasteiger charge is 2.02. The highest BCUT2D eigenvalue weighted by molar-refractivity contribution is 7.80. The van der Waals surface area contributed by atoms with Crippen LogP contribution in [-0.4, -0.2) is 23.6 Å². The van der Waals surface area contributed by atoms with Crippen molar-refractivity contribution in [2.45, 2.75) is 13.8 Å². The fourth-order valence-electron chi connectivity index (χ4n) is 1.29. The molecule has 0 aliphatic rings. The Bertz CT molecular complexity index is 524. The zero-order valence-electron chi connectivity index (χ0n) is 11.3. The van der Waals surface area contributed by atoms with Gasteiger partial charge in [0.25, 0.3) is 0 Å². The van der Waals surface area contributed by atoms with Crippen molar-refractivity contribution in [3.8, 4) is 0 Å². The smallest absolute Gasteiger partial charge is 0.330 e. The Morgan fingerprint density at radius 2 is 1.90 bits per heavy atom. The maximum Gasteiger partial charge on any atom is 0.330 e. The molecule has 0 bridgehead atoms. The van der Waals surface area contributed by atoms with Crippen LogP contribution in [0.4, 0.5) is 5.69 Å². The van der Waals surface area contributed by atoms with Gasteiger partial charge in [0.15, 0.2) is 5.11 Å². The van der Waals surface area contributed by atoms with Crippen molar-refractivity contribution in [2.24, 2.45) is 0 Å². The third-order valence-electron chi connectivity index (χ3n) is 2.20. The normalized spacial score (nSPS) is 10.1. The van der Waals surface area contributed by atoms with Gasteiger partial charge < -0.3 is 10.1 Å². The molecule has 106 valence electrons. The number of ether oxygens (including phenoxy) is 1. The summed E-state index contributed by atoms with van der Waals surface area (Å²) >= 11 is 4.98. The van der Waals surface area contributed by atoms with Crippen LogP contribution in [0.15, 0.2) is 36.4 Å². The lowest BCUT2D eigenvalue weighted by molar-refractivity contribution is -0.137. The Kier molecular flexibility index (Phi) is 6.39. The Hall–Kier alpha value is -2.21. The van der Waals surface area contributed by atoms with Crippen molar-refractivity contribution in [1.29, 1.82) is 0 Å².